The number of carbonyl (C=O) groups is 1. The first-order chi connectivity index (χ1) is 13.0. The molecule has 27 heavy (non-hydrogen) atoms. The summed E-state index contributed by atoms with van der Waals surface area (Å²) >= 11 is 1.31. The van der Waals surface area contributed by atoms with E-state index >= 15 is 0 Å². The van der Waals surface area contributed by atoms with Crippen LogP contribution in [-0.2, 0) is 0 Å². The Labute approximate surface area is 159 Å². The Morgan fingerprint density at radius 3 is 2.89 bits per heavy atom. The molecule has 144 valence electrons. The summed E-state index contributed by atoms with van der Waals surface area (Å²) in [6, 6.07) is 3.82. The fourth-order valence-electron chi connectivity index (χ4n) is 2.91. The minimum Gasteiger partial charge on any atom is -0.494 e. The second-order valence-corrected chi connectivity index (χ2v) is 7.10. The first-order valence-electron chi connectivity index (χ1n) is 8.48. The average molecular weight is 392 g/mol. The van der Waals surface area contributed by atoms with E-state index in [0.717, 1.165) is 24.5 Å². The summed E-state index contributed by atoms with van der Waals surface area (Å²) in [4.78, 5) is 24.7. The maximum Gasteiger partial charge on any atom is 0.325 e. The molecular weight excluding hydrogens is 372 g/mol. The SMILES string of the molecule is COc1cc([N+](=O)[O-])ccc1NC(=O)Nc1nnc(N2CCCCC2C)s1. The average Bonchev–Trinajstić information content (AvgIpc) is 3.10. The van der Waals surface area contributed by atoms with E-state index in [4.69, 9.17) is 4.74 Å². The molecule has 1 unspecified atom stereocenters. The van der Waals surface area contributed by atoms with Gasteiger partial charge in [0.15, 0.2) is 0 Å². The molecule has 0 bridgehead atoms. The Hall–Kier alpha value is -2.95. The fourth-order valence-corrected chi connectivity index (χ4v) is 3.78. The summed E-state index contributed by atoms with van der Waals surface area (Å²) in [5.41, 5.74) is 0.192. The molecule has 0 aliphatic carbocycles. The van der Waals surface area contributed by atoms with Crippen molar-refractivity contribution in [2.45, 2.75) is 32.2 Å². The van der Waals surface area contributed by atoms with Gasteiger partial charge in [-0.05, 0) is 32.3 Å². The van der Waals surface area contributed by atoms with Crippen molar-refractivity contribution in [3.63, 3.8) is 0 Å². The number of nitrogens with zero attached hydrogens (tertiary/aromatic N) is 4. The third-order valence-corrected chi connectivity index (χ3v) is 5.20. The van der Waals surface area contributed by atoms with Gasteiger partial charge in [0.2, 0.25) is 10.3 Å². The summed E-state index contributed by atoms with van der Waals surface area (Å²) in [6.45, 7) is 3.09. The third-order valence-electron chi connectivity index (χ3n) is 4.33. The smallest absolute Gasteiger partial charge is 0.325 e. The van der Waals surface area contributed by atoms with Crippen LogP contribution in [0.4, 0.5) is 26.4 Å². The molecule has 1 aliphatic heterocycles. The Morgan fingerprint density at radius 2 is 2.19 bits per heavy atom. The van der Waals surface area contributed by atoms with Crippen molar-refractivity contribution in [1.82, 2.24) is 10.2 Å². The van der Waals surface area contributed by atoms with Crippen molar-refractivity contribution in [3.05, 3.63) is 28.3 Å². The zero-order valence-electron chi connectivity index (χ0n) is 15.0. The Kier molecular flexibility index (Phi) is 5.69. The number of ether oxygens (including phenoxy) is 1. The molecule has 1 fully saturated rings. The number of methoxy groups -OCH3 is 1. The van der Waals surface area contributed by atoms with E-state index in [1.807, 2.05) is 0 Å². The lowest BCUT2D eigenvalue weighted by Crippen LogP contribution is -2.37. The highest BCUT2D eigenvalue weighted by Gasteiger charge is 2.22. The van der Waals surface area contributed by atoms with E-state index < -0.39 is 11.0 Å². The van der Waals surface area contributed by atoms with Gasteiger partial charge in [0.05, 0.1) is 23.8 Å². The number of hydrogen-bond acceptors (Lipinski definition) is 8. The minimum atomic E-state index is -0.531. The standard InChI is InChI=1S/C16H20N6O4S/c1-10-5-3-4-8-21(10)16-20-19-15(27-16)18-14(23)17-12-7-6-11(22(24)25)9-13(12)26-2/h6-7,9-10H,3-5,8H2,1-2H3,(H2,17,18,19,23). The van der Waals surface area contributed by atoms with E-state index in [1.165, 1.54) is 43.1 Å². The highest BCUT2D eigenvalue weighted by Crippen LogP contribution is 2.31. The molecule has 1 aliphatic rings. The molecule has 2 N–H and O–H groups in total. The number of piperidine rings is 1. The first kappa shape index (κ1) is 18.8. The monoisotopic (exact) mass is 392 g/mol. The highest BCUT2D eigenvalue weighted by atomic mass is 32.1. The van der Waals surface area contributed by atoms with Gasteiger partial charge in [-0.1, -0.05) is 11.3 Å². The molecule has 2 amide bonds. The molecule has 1 saturated heterocycles. The Morgan fingerprint density at radius 1 is 1.37 bits per heavy atom. The molecule has 0 radical (unpaired) electrons. The molecule has 3 rings (SSSR count). The van der Waals surface area contributed by atoms with Crippen LogP contribution in [0.5, 0.6) is 5.75 Å². The molecule has 1 atom stereocenters. The van der Waals surface area contributed by atoms with Crippen molar-refractivity contribution < 1.29 is 14.5 Å². The zero-order chi connectivity index (χ0) is 19.4. The topological polar surface area (TPSA) is 123 Å². The summed E-state index contributed by atoms with van der Waals surface area (Å²) in [5.74, 6) is 0.194. The van der Waals surface area contributed by atoms with Gasteiger partial charge in [0, 0.05) is 18.7 Å². The van der Waals surface area contributed by atoms with E-state index in [1.54, 1.807) is 0 Å². The Balaban J connectivity index is 1.65. The molecule has 0 saturated carbocycles. The number of hydrogen-bond donors (Lipinski definition) is 2. The van der Waals surface area contributed by atoms with Crippen LogP contribution in [0.15, 0.2) is 18.2 Å². The van der Waals surface area contributed by atoms with Crippen LogP contribution >= 0.6 is 11.3 Å². The lowest BCUT2D eigenvalue weighted by Gasteiger charge is -2.32. The number of aromatic nitrogens is 2. The quantitative estimate of drug-likeness (QED) is 0.590. The first-order valence-corrected chi connectivity index (χ1v) is 9.30. The molecule has 1 aromatic heterocycles. The molecule has 2 aromatic rings. The van der Waals surface area contributed by atoms with E-state index in [9.17, 15) is 14.9 Å². The van der Waals surface area contributed by atoms with Crippen LogP contribution in [0, 0.1) is 10.1 Å². The predicted octanol–water partition coefficient (Wildman–Crippen LogP) is 3.48. The van der Waals surface area contributed by atoms with Crippen molar-refractivity contribution >= 4 is 39.0 Å². The van der Waals surface area contributed by atoms with Crippen LogP contribution in [-0.4, -0.2) is 40.8 Å². The summed E-state index contributed by atoms with van der Waals surface area (Å²) in [6.07, 6.45) is 3.44. The molecule has 10 nitrogen and oxygen atoms in total. The number of carbonyl (C=O) groups excluding carboxylic acids is 1. The number of nitro benzene ring substituents is 1. The Bertz CT molecular complexity index is 842. The zero-order valence-corrected chi connectivity index (χ0v) is 15.8. The van der Waals surface area contributed by atoms with Crippen LogP contribution in [0.1, 0.15) is 26.2 Å². The van der Waals surface area contributed by atoms with Gasteiger partial charge >= 0.3 is 6.03 Å². The van der Waals surface area contributed by atoms with Crippen LogP contribution in [0.3, 0.4) is 0 Å². The number of benzene rings is 1. The van der Waals surface area contributed by atoms with E-state index in [-0.39, 0.29) is 11.4 Å². The van der Waals surface area contributed by atoms with E-state index in [2.05, 4.69) is 32.7 Å². The number of anilines is 3. The van der Waals surface area contributed by atoms with Gasteiger partial charge in [-0.2, -0.15) is 0 Å². The summed E-state index contributed by atoms with van der Waals surface area (Å²) in [5, 5.41) is 25.4. The lowest BCUT2D eigenvalue weighted by atomic mass is 10.1. The molecular formula is C16H20N6O4S. The van der Waals surface area contributed by atoms with Gasteiger partial charge < -0.3 is 15.0 Å². The van der Waals surface area contributed by atoms with Gasteiger partial charge in [0.25, 0.3) is 5.69 Å². The predicted molar refractivity (Wildman–Crippen MR) is 103 cm³/mol. The second-order valence-electron chi connectivity index (χ2n) is 6.15. The number of rotatable bonds is 5. The second kappa shape index (κ2) is 8.16. The van der Waals surface area contributed by atoms with Gasteiger partial charge in [0.1, 0.15) is 5.75 Å². The number of nitrogens with one attached hydrogen (secondary N) is 2. The molecule has 11 heteroatoms. The number of amides is 2. The molecule has 2 heterocycles. The number of nitro groups is 1. The maximum atomic E-state index is 12.2. The maximum absolute atomic E-state index is 12.2. The van der Waals surface area contributed by atoms with Crippen molar-refractivity contribution in [1.29, 1.82) is 0 Å². The van der Waals surface area contributed by atoms with Crippen LogP contribution < -0.4 is 20.3 Å². The minimum absolute atomic E-state index is 0.123. The van der Waals surface area contributed by atoms with Crippen LogP contribution in [0.2, 0.25) is 0 Å². The third kappa shape index (κ3) is 4.42. The number of urea groups is 1. The van der Waals surface area contributed by atoms with Crippen molar-refractivity contribution in [2.24, 2.45) is 0 Å². The number of non-ortho nitro benzene ring substituents is 1. The molecule has 1 aromatic carbocycles. The van der Waals surface area contributed by atoms with Crippen LogP contribution in [0.25, 0.3) is 0 Å². The normalized spacial score (nSPS) is 16.7. The van der Waals surface area contributed by atoms with E-state index in [0.29, 0.717) is 16.9 Å². The fraction of sp³-hybridized carbons (Fsp3) is 0.438. The summed E-state index contributed by atoms with van der Waals surface area (Å²) < 4.78 is 5.10. The van der Waals surface area contributed by atoms with Gasteiger partial charge in [-0.3, -0.25) is 15.4 Å². The van der Waals surface area contributed by atoms with Gasteiger partial charge in [-0.15, -0.1) is 10.2 Å². The lowest BCUT2D eigenvalue weighted by molar-refractivity contribution is -0.384. The summed E-state index contributed by atoms with van der Waals surface area (Å²) in [7, 11) is 1.37. The van der Waals surface area contributed by atoms with Crippen molar-refractivity contribution in [2.75, 3.05) is 29.2 Å². The highest BCUT2D eigenvalue weighted by molar-refractivity contribution is 7.19. The largest absolute Gasteiger partial charge is 0.494 e. The van der Waals surface area contributed by atoms with Crippen molar-refractivity contribution in [3.8, 4) is 5.75 Å². The van der Waals surface area contributed by atoms with Gasteiger partial charge in [-0.25, -0.2) is 4.79 Å². The molecule has 0 spiro atoms.